The summed E-state index contributed by atoms with van der Waals surface area (Å²) in [5, 5.41) is 5.24. The highest BCUT2D eigenvalue weighted by atomic mass is 15.0. The Kier molecular flexibility index (Phi) is 9.35. The molecule has 11 rings (SSSR count). The third-order valence-electron chi connectivity index (χ3n) is 14.2. The molecule has 0 aliphatic rings. The van der Waals surface area contributed by atoms with Gasteiger partial charge in [0.25, 0.3) is 0 Å². The Morgan fingerprint density at radius 1 is 0.286 bits per heavy atom. The minimum Gasteiger partial charge on any atom is -0.310 e. The molecule has 0 N–H and O–H groups in total. The molecule has 290 valence electrons. The molecular formula is C54H43B7N2. The summed E-state index contributed by atoms with van der Waals surface area (Å²) in [6.07, 6.45) is 0. The van der Waals surface area contributed by atoms with Crippen molar-refractivity contribution in [3.63, 3.8) is 0 Å². The lowest BCUT2D eigenvalue weighted by atomic mass is 9.64. The molecule has 0 fully saturated rings. The first-order chi connectivity index (χ1) is 30.7. The van der Waals surface area contributed by atoms with Crippen molar-refractivity contribution in [2.75, 3.05) is 0 Å². The van der Waals surface area contributed by atoms with E-state index < -0.39 is 0 Å². The molecule has 9 aromatic carbocycles. The molecule has 0 atom stereocenters. The Hall–Kier alpha value is -6.97. The van der Waals surface area contributed by atoms with E-state index in [1.165, 1.54) is 132 Å². The van der Waals surface area contributed by atoms with Gasteiger partial charge in [-0.3, -0.25) is 0 Å². The van der Waals surface area contributed by atoms with E-state index in [4.69, 9.17) is 0 Å². The predicted octanol–water partition coefficient (Wildman–Crippen LogP) is 2.36. The zero-order valence-electron chi connectivity index (χ0n) is 37.1. The van der Waals surface area contributed by atoms with Crippen LogP contribution in [0.3, 0.4) is 0 Å². The highest BCUT2D eigenvalue weighted by Crippen LogP contribution is 2.41. The van der Waals surface area contributed by atoms with Gasteiger partial charge >= 0.3 is 0 Å². The van der Waals surface area contributed by atoms with Crippen LogP contribution in [-0.2, 0) is 0 Å². The number of hydrogen-bond donors (Lipinski definition) is 0. The van der Waals surface area contributed by atoms with Gasteiger partial charge in [0.15, 0.2) is 0 Å². The van der Waals surface area contributed by atoms with Gasteiger partial charge in [0.1, 0.15) is 54.9 Å². The quantitative estimate of drug-likeness (QED) is 0.229. The fourth-order valence-electron chi connectivity index (χ4n) is 10.7. The van der Waals surface area contributed by atoms with Crippen molar-refractivity contribution >= 4 is 137 Å². The average Bonchev–Trinajstić information content (AvgIpc) is 3.87. The summed E-state index contributed by atoms with van der Waals surface area (Å²) in [5.41, 5.74) is 26.6. The van der Waals surface area contributed by atoms with Crippen LogP contribution in [0.15, 0.2) is 176 Å². The highest BCUT2D eigenvalue weighted by molar-refractivity contribution is 6.69. The van der Waals surface area contributed by atoms with Crippen LogP contribution in [0.25, 0.3) is 99.5 Å². The SMILES string of the molecule is Bc1c(B)c(B)c2c(c1B)c1c(B)c(-c3ccc4c(c3)c3c(-c5ccccc5)cccc3n4-c3cccc(-c4ccccc4)c3)c(B)c(B)c1n2-c1ccc(-c2ccccc2)cc1. The summed E-state index contributed by atoms with van der Waals surface area (Å²) >= 11 is 0. The van der Waals surface area contributed by atoms with E-state index in [0.717, 1.165) is 5.69 Å². The largest absolute Gasteiger partial charge is 0.310 e. The Bertz CT molecular complexity index is 3620. The Morgan fingerprint density at radius 2 is 0.810 bits per heavy atom. The normalized spacial score (nSPS) is 11.6. The molecule has 0 radical (unpaired) electrons. The number of aromatic nitrogens is 2. The van der Waals surface area contributed by atoms with Crippen molar-refractivity contribution in [2.45, 2.75) is 0 Å². The van der Waals surface area contributed by atoms with Crippen LogP contribution in [0.1, 0.15) is 0 Å². The van der Waals surface area contributed by atoms with Crippen LogP contribution < -0.4 is 38.2 Å². The molecule has 0 aliphatic heterocycles. The van der Waals surface area contributed by atoms with Gasteiger partial charge in [-0.2, -0.15) is 0 Å². The maximum absolute atomic E-state index is 2.57. The molecule has 9 heteroatoms. The minimum absolute atomic E-state index is 1.15. The second-order valence-electron chi connectivity index (χ2n) is 17.5. The zero-order chi connectivity index (χ0) is 43.1. The molecule has 0 spiro atoms. The van der Waals surface area contributed by atoms with Crippen molar-refractivity contribution in [2.24, 2.45) is 0 Å². The highest BCUT2D eigenvalue weighted by Gasteiger charge is 2.25. The molecule has 0 saturated carbocycles. The Balaban J connectivity index is 1.19. The van der Waals surface area contributed by atoms with Crippen molar-refractivity contribution in [3.05, 3.63) is 176 Å². The van der Waals surface area contributed by atoms with Crippen molar-refractivity contribution in [1.29, 1.82) is 0 Å². The first-order valence-corrected chi connectivity index (χ1v) is 22.2. The summed E-state index contributed by atoms with van der Waals surface area (Å²) < 4.78 is 5.04. The van der Waals surface area contributed by atoms with E-state index in [1.807, 2.05) is 0 Å². The standard InChI is InChI=1S/C54H43B7N2/c55-46-42(47(56)51(60)53-44(46)45-48(57)49(58)50(59)52(61)54(45)63(53)36-25-22-32(23-26-36)30-12-4-1-5-13-30)35-24-27-40-39(29-35)43-38(33-16-8-3-9-17-33)20-11-21-41(43)62(40)37-19-10-18-34(28-37)31-14-6-2-7-15-31/h1-29H,55-61H2. The van der Waals surface area contributed by atoms with Gasteiger partial charge in [-0.1, -0.05) is 166 Å². The fourth-order valence-corrected chi connectivity index (χ4v) is 10.7. The smallest absolute Gasteiger partial charge is 0.141 e. The van der Waals surface area contributed by atoms with Crippen LogP contribution in [-0.4, -0.2) is 64.1 Å². The number of nitrogens with zero attached hydrogens (tertiary/aromatic N) is 2. The van der Waals surface area contributed by atoms with Crippen molar-refractivity contribution in [1.82, 2.24) is 9.13 Å². The number of rotatable bonds is 6. The Morgan fingerprint density at radius 3 is 1.48 bits per heavy atom. The fraction of sp³-hybridized carbons (Fsp3) is 0. The van der Waals surface area contributed by atoms with Crippen LogP contribution in [0, 0.1) is 0 Å². The third-order valence-corrected chi connectivity index (χ3v) is 14.2. The zero-order valence-corrected chi connectivity index (χ0v) is 37.1. The lowest BCUT2D eigenvalue weighted by Gasteiger charge is -2.19. The van der Waals surface area contributed by atoms with Gasteiger partial charge in [0.05, 0.1) is 11.0 Å². The molecule has 0 bridgehead atoms. The van der Waals surface area contributed by atoms with Crippen LogP contribution in [0.4, 0.5) is 0 Å². The monoisotopic (exact) mass is 796 g/mol. The molecule has 11 aromatic rings. The lowest BCUT2D eigenvalue weighted by Crippen LogP contribution is -2.48. The Labute approximate surface area is 375 Å². The molecule has 0 aliphatic carbocycles. The molecular weight excluding hydrogens is 752 g/mol. The number of fused-ring (bicyclic) bond motifs is 6. The van der Waals surface area contributed by atoms with Crippen LogP contribution >= 0.6 is 0 Å². The topological polar surface area (TPSA) is 9.86 Å². The first-order valence-electron chi connectivity index (χ1n) is 22.2. The second-order valence-corrected chi connectivity index (χ2v) is 17.5. The summed E-state index contributed by atoms with van der Waals surface area (Å²) in [6, 6.07) is 64.5. The molecule has 0 unspecified atom stereocenters. The maximum atomic E-state index is 2.57. The molecule has 0 amide bonds. The van der Waals surface area contributed by atoms with E-state index in [9.17, 15) is 0 Å². The number of benzene rings is 9. The number of hydrogen-bond acceptors (Lipinski definition) is 0. The molecule has 0 saturated heterocycles. The second kappa shape index (κ2) is 15.1. The molecule has 2 heterocycles. The summed E-state index contributed by atoms with van der Waals surface area (Å²) in [4.78, 5) is 0. The van der Waals surface area contributed by atoms with Crippen LogP contribution in [0.2, 0.25) is 0 Å². The molecule has 63 heavy (non-hydrogen) atoms. The minimum atomic E-state index is 1.15. The van der Waals surface area contributed by atoms with Gasteiger partial charge in [0.2, 0.25) is 0 Å². The van der Waals surface area contributed by atoms with Gasteiger partial charge < -0.3 is 9.13 Å². The van der Waals surface area contributed by atoms with Crippen molar-refractivity contribution < 1.29 is 0 Å². The van der Waals surface area contributed by atoms with Gasteiger partial charge in [-0.25, -0.2) is 0 Å². The predicted molar refractivity (Wildman–Crippen MR) is 294 cm³/mol. The van der Waals surface area contributed by atoms with Gasteiger partial charge in [0, 0.05) is 38.6 Å². The first kappa shape index (κ1) is 38.9. The van der Waals surface area contributed by atoms with E-state index >= 15 is 0 Å². The third kappa shape index (κ3) is 6.04. The van der Waals surface area contributed by atoms with E-state index in [-0.39, 0.29) is 0 Å². The van der Waals surface area contributed by atoms with E-state index in [0.29, 0.717) is 0 Å². The summed E-state index contributed by atoms with van der Waals surface area (Å²) in [5.74, 6) is 0. The maximum Gasteiger partial charge on any atom is 0.141 e. The van der Waals surface area contributed by atoms with Crippen LogP contribution in [0.5, 0.6) is 0 Å². The van der Waals surface area contributed by atoms with Gasteiger partial charge in [-0.05, 0) is 92.4 Å². The van der Waals surface area contributed by atoms with Gasteiger partial charge in [-0.15, -0.1) is 5.46 Å². The van der Waals surface area contributed by atoms with E-state index in [2.05, 4.69) is 240 Å². The van der Waals surface area contributed by atoms with Crippen molar-refractivity contribution in [3.8, 4) is 55.9 Å². The lowest BCUT2D eigenvalue weighted by molar-refractivity contribution is 1.18. The van der Waals surface area contributed by atoms with E-state index in [1.54, 1.807) is 0 Å². The molecule has 2 nitrogen and oxygen atoms in total. The summed E-state index contributed by atoms with van der Waals surface area (Å²) in [7, 11) is 16.3. The molecule has 2 aromatic heterocycles. The summed E-state index contributed by atoms with van der Waals surface area (Å²) in [6.45, 7) is 0. The average molecular weight is 796 g/mol.